The summed E-state index contributed by atoms with van der Waals surface area (Å²) in [6, 6.07) is 0.379. The maximum absolute atomic E-state index is 13.2. The number of amides is 1. The second-order valence-electron chi connectivity index (χ2n) is 7.77. The lowest BCUT2D eigenvalue weighted by molar-refractivity contribution is -0.138. The molecule has 3 N–H and O–H groups in total. The fourth-order valence-corrected chi connectivity index (χ4v) is 4.41. The van der Waals surface area contributed by atoms with Crippen molar-refractivity contribution in [3.8, 4) is 0 Å². The highest BCUT2D eigenvalue weighted by Gasteiger charge is 2.33. The number of nitrogens with zero attached hydrogens (tertiary/aromatic N) is 2. The summed E-state index contributed by atoms with van der Waals surface area (Å²) in [6.45, 7) is 1.08. The number of rotatable bonds is 7. The summed E-state index contributed by atoms with van der Waals surface area (Å²) in [5.41, 5.74) is -1.71. The van der Waals surface area contributed by atoms with E-state index in [4.69, 9.17) is 15.0 Å². The molecule has 2 aromatic heterocycles. The molecule has 9 nitrogen and oxygen atoms in total. The Morgan fingerprint density at radius 1 is 1.24 bits per heavy atom. The van der Waals surface area contributed by atoms with E-state index in [1.54, 1.807) is 0 Å². The van der Waals surface area contributed by atoms with Crippen molar-refractivity contribution < 1.29 is 37.8 Å². The first kappa shape index (κ1) is 27.0. The van der Waals surface area contributed by atoms with E-state index in [1.807, 2.05) is 0 Å². The fraction of sp³-hybridized carbons (Fsp3) is 0.476. The molecule has 13 heteroatoms. The molecule has 0 spiro atoms. The SMILES string of the molecule is CC(=O)O.O=C(O)Cc1cnc(NC(=O)C(CC2CCCC2)n2cc(C(F)(F)F)ccc2=O)s1. The summed E-state index contributed by atoms with van der Waals surface area (Å²) in [6.07, 6.45) is 0.964. The van der Waals surface area contributed by atoms with E-state index in [2.05, 4.69) is 10.3 Å². The van der Waals surface area contributed by atoms with Gasteiger partial charge >= 0.3 is 12.1 Å². The van der Waals surface area contributed by atoms with Gasteiger partial charge < -0.3 is 20.1 Å². The third-order valence-corrected chi connectivity index (χ3v) is 5.96. The molecule has 2 heterocycles. The first-order valence-electron chi connectivity index (χ1n) is 10.3. The highest BCUT2D eigenvalue weighted by molar-refractivity contribution is 7.15. The number of alkyl halides is 3. The van der Waals surface area contributed by atoms with E-state index >= 15 is 0 Å². The van der Waals surface area contributed by atoms with E-state index in [9.17, 15) is 27.6 Å². The summed E-state index contributed by atoms with van der Waals surface area (Å²) >= 11 is 0.965. The summed E-state index contributed by atoms with van der Waals surface area (Å²) in [5, 5.41) is 18.9. The molecule has 1 fully saturated rings. The topological polar surface area (TPSA) is 139 Å². The predicted molar refractivity (Wildman–Crippen MR) is 117 cm³/mol. The number of anilines is 1. The quantitative estimate of drug-likeness (QED) is 0.522. The number of hydrogen-bond donors (Lipinski definition) is 3. The van der Waals surface area contributed by atoms with E-state index in [0.29, 0.717) is 17.1 Å². The molecule has 0 radical (unpaired) electrons. The van der Waals surface area contributed by atoms with Gasteiger partial charge in [0, 0.05) is 30.3 Å². The second-order valence-corrected chi connectivity index (χ2v) is 8.89. The molecule has 0 saturated heterocycles. The zero-order valence-electron chi connectivity index (χ0n) is 18.2. The van der Waals surface area contributed by atoms with Crippen LogP contribution in [0.3, 0.4) is 0 Å². The number of hydrogen-bond acceptors (Lipinski definition) is 6. The van der Waals surface area contributed by atoms with Crippen molar-refractivity contribution in [1.82, 2.24) is 9.55 Å². The number of carbonyl (C=O) groups excluding carboxylic acids is 1. The average molecular weight is 503 g/mol. The van der Waals surface area contributed by atoms with Crippen LogP contribution in [0.2, 0.25) is 0 Å². The standard InChI is InChI=1S/C19H20F3N3O4S.C2H4O2/c20-19(21,22)12-5-6-15(26)25(10-12)14(7-11-3-1-2-4-11)17(29)24-18-23-9-13(30-18)8-16(27)28;1-2(3)4/h5-6,9-11,14H,1-4,7-8H2,(H,27,28)(H,23,24,29);1H3,(H,3,4). The minimum Gasteiger partial charge on any atom is -0.481 e. The van der Waals surface area contributed by atoms with Crippen molar-refractivity contribution in [2.24, 2.45) is 5.92 Å². The van der Waals surface area contributed by atoms with Crippen LogP contribution in [0.5, 0.6) is 0 Å². The molecule has 1 unspecified atom stereocenters. The molecular formula is C21H24F3N3O6S. The number of aromatic nitrogens is 2. The number of carboxylic acids is 2. The molecule has 1 saturated carbocycles. The molecule has 186 valence electrons. The zero-order chi connectivity index (χ0) is 25.5. The molecule has 3 rings (SSSR count). The molecule has 1 atom stereocenters. The number of thiazole rings is 1. The Morgan fingerprint density at radius 2 is 1.85 bits per heavy atom. The van der Waals surface area contributed by atoms with Gasteiger partial charge in [-0.05, 0) is 18.4 Å². The van der Waals surface area contributed by atoms with Gasteiger partial charge in [-0.15, -0.1) is 11.3 Å². The van der Waals surface area contributed by atoms with E-state index < -0.39 is 41.2 Å². The first-order chi connectivity index (χ1) is 15.9. The highest BCUT2D eigenvalue weighted by atomic mass is 32.1. The molecule has 1 aliphatic carbocycles. The van der Waals surface area contributed by atoms with E-state index in [1.165, 1.54) is 6.20 Å². The third-order valence-electron chi connectivity index (χ3n) is 5.04. The van der Waals surface area contributed by atoms with Crippen molar-refractivity contribution in [3.05, 3.63) is 45.3 Å². The largest absolute Gasteiger partial charge is 0.481 e. The number of halogens is 3. The Bertz CT molecular complexity index is 1070. The molecule has 0 aromatic carbocycles. The van der Waals surface area contributed by atoms with Gasteiger partial charge in [0.15, 0.2) is 5.13 Å². The Kier molecular flexibility index (Phi) is 9.36. The van der Waals surface area contributed by atoms with Gasteiger partial charge in [0.05, 0.1) is 12.0 Å². The first-order valence-corrected chi connectivity index (χ1v) is 11.1. The summed E-state index contributed by atoms with van der Waals surface area (Å²) in [4.78, 5) is 49.4. The molecule has 0 aliphatic heterocycles. The van der Waals surface area contributed by atoms with Crippen molar-refractivity contribution in [2.45, 2.75) is 57.7 Å². The van der Waals surface area contributed by atoms with Crippen LogP contribution in [0.15, 0.2) is 29.3 Å². The lowest BCUT2D eigenvalue weighted by Gasteiger charge is -2.23. The van der Waals surface area contributed by atoms with Gasteiger partial charge in [0.2, 0.25) is 5.91 Å². The lowest BCUT2D eigenvalue weighted by Crippen LogP contribution is -2.34. The van der Waals surface area contributed by atoms with Gasteiger partial charge in [0.1, 0.15) is 6.04 Å². The van der Waals surface area contributed by atoms with Gasteiger partial charge in [0.25, 0.3) is 11.5 Å². The Balaban J connectivity index is 0.000000945. The van der Waals surface area contributed by atoms with E-state index in [-0.39, 0.29) is 23.9 Å². The maximum Gasteiger partial charge on any atom is 0.417 e. The van der Waals surface area contributed by atoms with Crippen LogP contribution in [-0.4, -0.2) is 37.6 Å². The molecule has 0 bridgehead atoms. The number of carboxylic acid groups (broad SMARTS) is 2. The average Bonchev–Trinajstić information content (AvgIpc) is 3.37. The fourth-order valence-electron chi connectivity index (χ4n) is 3.61. The number of carbonyl (C=O) groups is 3. The van der Waals surface area contributed by atoms with Crippen LogP contribution >= 0.6 is 11.3 Å². The van der Waals surface area contributed by atoms with Gasteiger partial charge in [-0.1, -0.05) is 25.7 Å². The molecule has 34 heavy (non-hydrogen) atoms. The molecular weight excluding hydrogens is 479 g/mol. The summed E-state index contributed by atoms with van der Waals surface area (Å²) in [7, 11) is 0. The van der Waals surface area contributed by atoms with Crippen LogP contribution in [0, 0.1) is 5.92 Å². The van der Waals surface area contributed by atoms with Gasteiger partial charge in [-0.2, -0.15) is 13.2 Å². The van der Waals surface area contributed by atoms with Gasteiger partial charge in [-0.25, -0.2) is 4.98 Å². The Labute approximate surface area is 196 Å². The number of aliphatic carboxylic acids is 2. The third kappa shape index (κ3) is 8.28. The minimum absolute atomic E-state index is 0.126. The maximum atomic E-state index is 13.2. The van der Waals surface area contributed by atoms with Crippen LogP contribution < -0.4 is 10.9 Å². The molecule has 1 amide bonds. The Morgan fingerprint density at radius 3 is 2.41 bits per heavy atom. The van der Waals surface area contributed by atoms with Crippen LogP contribution in [0.1, 0.15) is 55.5 Å². The van der Waals surface area contributed by atoms with Crippen molar-refractivity contribution in [3.63, 3.8) is 0 Å². The van der Waals surface area contributed by atoms with Crippen LogP contribution in [-0.2, 0) is 27.0 Å². The van der Waals surface area contributed by atoms with Crippen molar-refractivity contribution >= 4 is 34.3 Å². The second kappa shape index (κ2) is 11.8. The zero-order valence-corrected chi connectivity index (χ0v) is 19.0. The molecule has 2 aromatic rings. The number of pyridine rings is 1. The number of nitrogens with one attached hydrogen (secondary N) is 1. The predicted octanol–water partition coefficient (Wildman–Crippen LogP) is 3.80. The minimum atomic E-state index is -4.65. The van der Waals surface area contributed by atoms with Gasteiger partial charge in [-0.3, -0.25) is 19.2 Å². The van der Waals surface area contributed by atoms with Crippen molar-refractivity contribution in [2.75, 3.05) is 5.32 Å². The van der Waals surface area contributed by atoms with Crippen LogP contribution in [0.4, 0.5) is 18.3 Å². The normalized spacial score (nSPS) is 14.7. The van der Waals surface area contributed by atoms with Crippen LogP contribution in [0.25, 0.3) is 0 Å². The lowest BCUT2D eigenvalue weighted by atomic mass is 9.97. The van der Waals surface area contributed by atoms with E-state index in [0.717, 1.165) is 54.6 Å². The molecule has 1 aliphatic rings. The smallest absolute Gasteiger partial charge is 0.417 e. The van der Waals surface area contributed by atoms with Crippen molar-refractivity contribution in [1.29, 1.82) is 0 Å². The Hall–Kier alpha value is -3.22. The summed E-state index contributed by atoms with van der Waals surface area (Å²) in [5.74, 6) is -2.41. The highest BCUT2D eigenvalue weighted by Crippen LogP contribution is 2.34. The summed E-state index contributed by atoms with van der Waals surface area (Å²) < 4.78 is 40.3. The monoisotopic (exact) mass is 503 g/mol.